The molecule has 37 heavy (non-hydrogen) atoms. The fraction of sp³-hybridized carbons (Fsp3) is 0.154. The second-order valence-electron chi connectivity index (χ2n) is 9.04. The van der Waals surface area contributed by atoms with E-state index in [0.29, 0.717) is 34.7 Å². The van der Waals surface area contributed by atoms with E-state index in [-0.39, 0.29) is 28.4 Å². The van der Waals surface area contributed by atoms with Crippen molar-refractivity contribution in [2.45, 2.75) is 20.3 Å². The van der Waals surface area contributed by atoms with Gasteiger partial charge in [-0.2, -0.15) is 16.4 Å². The molecule has 0 aliphatic carbocycles. The van der Waals surface area contributed by atoms with Crippen molar-refractivity contribution in [3.05, 3.63) is 59.6 Å². The van der Waals surface area contributed by atoms with Gasteiger partial charge in [-0.05, 0) is 29.5 Å². The van der Waals surface area contributed by atoms with Crippen LogP contribution in [-0.2, 0) is 4.79 Å². The van der Waals surface area contributed by atoms with E-state index in [4.69, 9.17) is 4.98 Å². The van der Waals surface area contributed by atoms with Crippen LogP contribution in [0.3, 0.4) is 0 Å². The maximum Gasteiger partial charge on any atom is 0.224 e. The molecule has 0 saturated heterocycles. The van der Waals surface area contributed by atoms with Gasteiger partial charge >= 0.3 is 0 Å². The molecule has 0 fully saturated rings. The SMILES string of the molecule is CC(C)CC(=O)Nc1cncc(-c2cnc3n[nH]c(-c4nc5c(-c6ccsc6)nccc5[nH]4)c3c2F)c1. The Morgan fingerprint density at radius 1 is 1.16 bits per heavy atom. The molecule has 1 amide bonds. The Labute approximate surface area is 214 Å². The first-order valence-electron chi connectivity index (χ1n) is 11.6. The van der Waals surface area contributed by atoms with Crippen LogP contribution < -0.4 is 5.32 Å². The van der Waals surface area contributed by atoms with Crippen molar-refractivity contribution < 1.29 is 9.18 Å². The molecule has 0 unspecified atom stereocenters. The summed E-state index contributed by atoms with van der Waals surface area (Å²) in [6, 6.07) is 5.48. The second-order valence-corrected chi connectivity index (χ2v) is 9.82. The van der Waals surface area contributed by atoms with Gasteiger partial charge in [-0.1, -0.05) is 13.8 Å². The van der Waals surface area contributed by atoms with Gasteiger partial charge in [0.05, 0.1) is 28.5 Å². The number of rotatable bonds is 6. The molecule has 3 N–H and O–H groups in total. The van der Waals surface area contributed by atoms with Crippen molar-refractivity contribution in [1.82, 2.24) is 35.1 Å². The molecule has 0 atom stereocenters. The molecule has 0 radical (unpaired) electrons. The Morgan fingerprint density at radius 3 is 2.86 bits per heavy atom. The van der Waals surface area contributed by atoms with E-state index in [1.54, 1.807) is 23.6 Å². The lowest BCUT2D eigenvalue weighted by Gasteiger charge is -2.09. The molecule has 0 aromatic carbocycles. The fourth-order valence-corrected chi connectivity index (χ4v) is 4.87. The fourth-order valence-electron chi connectivity index (χ4n) is 4.23. The summed E-state index contributed by atoms with van der Waals surface area (Å²) in [7, 11) is 0. The lowest BCUT2D eigenvalue weighted by atomic mass is 10.1. The summed E-state index contributed by atoms with van der Waals surface area (Å²) in [6.07, 6.45) is 6.57. The first kappa shape index (κ1) is 22.9. The highest BCUT2D eigenvalue weighted by Crippen LogP contribution is 2.34. The molecule has 6 aromatic rings. The van der Waals surface area contributed by atoms with Crippen molar-refractivity contribution in [2.24, 2.45) is 5.92 Å². The van der Waals surface area contributed by atoms with E-state index in [2.05, 4.69) is 35.5 Å². The molecule has 0 saturated carbocycles. The number of H-pyrrole nitrogens is 2. The average molecular weight is 513 g/mol. The Kier molecular flexibility index (Phi) is 5.68. The van der Waals surface area contributed by atoms with Crippen LogP contribution in [0.5, 0.6) is 0 Å². The quantitative estimate of drug-likeness (QED) is 0.259. The van der Waals surface area contributed by atoms with E-state index in [1.807, 2.05) is 36.7 Å². The molecule has 184 valence electrons. The van der Waals surface area contributed by atoms with Crippen molar-refractivity contribution in [3.8, 4) is 33.9 Å². The van der Waals surface area contributed by atoms with Gasteiger partial charge in [-0.3, -0.25) is 19.9 Å². The monoisotopic (exact) mass is 512 g/mol. The molecule has 0 aliphatic rings. The van der Waals surface area contributed by atoms with Crippen molar-refractivity contribution in [2.75, 3.05) is 5.32 Å². The lowest BCUT2D eigenvalue weighted by Crippen LogP contribution is -2.14. The maximum atomic E-state index is 16.0. The Balaban J connectivity index is 1.42. The number of aromatic amines is 2. The van der Waals surface area contributed by atoms with Gasteiger partial charge < -0.3 is 10.3 Å². The topological polar surface area (TPSA) is 125 Å². The number of nitrogens with one attached hydrogen (secondary N) is 3. The van der Waals surface area contributed by atoms with Crippen LogP contribution in [-0.4, -0.2) is 41.0 Å². The number of aromatic nitrogens is 7. The highest BCUT2D eigenvalue weighted by Gasteiger charge is 2.21. The van der Waals surface area contributed by atoms with Gasteiger partial charge in [-0.15, -0.1) is 0 Å². The summed E-state index contributed by atoms with van der Waals surface area (Å²) < 4.78 is 16.0. The first-order valence-corrected chi connectivity index (χ1v) is 12.6. The number of amides is 1. The number of carbonyl (C=O) groups excluding carboxylic acids is 1. The van der Waals surface area contributed by atoms with Gasteiger partial charge in [0.1, 0.15) is 17.0 Å². The van der Waals surface area contributed by atoms with Crippen LogP contribution in [0.2, 0.25) is 0 Å². The van der Waals surface area contributed by atoms with E-state index in [9.17, 15) is 4.79 Å². The number of nitrogens with zero attached hydrogens (tertiary/aromatic N) is 5. The van der Waals surface area contributed by atoms with Gasteiger partial charge in [0.15, 0.2) is 11.5 Å². The standard InChI is InChI=1S/C26H21FN8OS/c1-13(2)7-19(36)31-16-8-15(9-28-10-16)17-11-30-25-20(21(17)27)24(34-35-25)26-32-18-3-5-29-22(23(18)33-26)14-4-6-37-12-14/h3-6,8-13H,7H2,1-2H3,(H,31,36)(H,32,33)(H,30,34,35). The van der Waals surface area contributed by atoms with Gasteiger partial charge in [-0.25, -0.2) is 14.4 Å². The lowest BCUT2D eigenvalue weighted by molar-refractivity contribution is -0.116. The number of hydrogen-bond acceptors (Lipinski definition) is 7. The van der Waals surface area contributed by atoms with E-state index in [0.717, 1.165) is 16.8 Å². The van der Waals surface area contributed by atoms with Crippen LogP contribution in [0, 0.1) is 11.7 Å². The minimum absolute atomic E-state index is 0.124. The molecular weight excluding hydrogens is 491 g/mol. The summed E-state index contributed by atoms with van der Waals surface area (Å²) in [5.41, 5.74) is 4.96. The van der Waals surface area contributed by atoms with Gasteiger partial charge in [0.2, 0.25) is 5.91 Å². The van der Waals surface area contributed by atoms with E-state index >= 15 is 4.39 Å². The molecule has 0 spiro atoms. The Hall–Kier alpha value is -4.51. The first-order chi connectivity index (χ1) is 18.0. The summed E-state index contributed by atoms with van der Waals surface area (Å²) in [6.45, 7) is 3.93. The molecular formula is C26H21FN8OS. The number of imidazole rings is 1. The highest BCUT2D eigenvalue weighted by molar-refractivity contribution is 7.08. The number of fused-ring (bicyclic) bond motifs is 2. The average Bonchev–Trinajstić information content (AvgIpc) is 3.62. The minimum Gasteiger partial charge on any atom is -0.337 e. The predicted molar refractivity (Wildman–Crippen MR) is 141 cm³/mol. The number of pyridine rings is 3. The van der Waals surface area contributed by atoms with Crippen LogP contribution in [0.1, 0.15) is 20.3 Å². The smallest absolute Gasteiger partial charge is 0.224 e. The van der Waals surface area contributed by atoms with Crippen molar-refractivity contribution in [1.29, 1.82) is 0 Å². The third-order valence-corrected chi connectivity index (χ3v) is 6.56. The van der Waals surface area contributed by atoms with Crippen LogP contribution in [0.4, 0.5) is 10.1 Å². The summed E-state index contributed by atoms with van der Waals surface area (Å²) in [5.74, 6) is 0.00174. The van der Waals surface area contributed by atoms with Crippen molar-refractivity contribution in [3.63, 3.8) is 0 Å². The number of thiophene rings is 1. The molecule has 9 nitrogen and oxygen atoms in total. The molecule has 0 bridgehead atoms. The zero-order chi connectivity index (χ0) is 25.5. The largest absolute Gasteiger partial charge is 0.337 e. The van der Waals surface area contributed by atoms with E-state index < -0.39 is 5.82 Å². The Bertz CT molecular complexity index is 1760. The van der Waals surface area contributed by atoms with Gasteiger partial charge in [0, 0.05) is 47.1 Å². The summed E-state index contributed by atoms with van der Waals surface area (Å²) >= 11 is 1.58. The molecule has 6 heterocycles. The van der Waals surface area contributed by atoms with Crippen LogP contribution >= 0.6 is 11.3 Å². The normalized spacial score (nSPS) is 11.6. The minimum atomic E-state index is -0.516. The number of anilines is 1. The van der Waals surface area contributed by atoms with Crippen molar-refractivity contribution >= 4 is 45.0 Å². The third-order valence-electron chi connectivity index (χ3n) is 5.88. The summed E-state index contributed by atoms with van der Waals surface area (Å²) in [4.78, 5) is 33.2. The zero-order valence-electron chi connectivity index (χ0n) is 19.9. The zero-order valence-corrected chi connectivity index (χ0v) is 20.7. The maximum absolute atomic E-state index is 16.0. The molecule has 11 heteroatoms. The van der Waals surface area contributed by atoms with E-state index in [1.165, 1.54) is 18.6 Å². The number of hydrogen-bond donors (Lipinski definition) is 3. The van der Waals surface area contributed by atoms with Gasteiger partial charge in [0.25, 0.3) is 0 Å². The Morgan fingerprint density at radius 2 is 2.05 bits per heavy atom. The molecule has 6 aromatic heterocycles. The predicted octanol–water partition coefficient (Wildman–Crippen LogP) is 5.81. The van der Waals surface area contributed by atoms with Crippen LogP contribution in [0.15, 0.2) is 53.7 Å². The summed E-state index contributed by atoms with van der Waals surface area (Å²) in [5, 5.41) is 14.1. The third kappa shape index (κ3) is 4.23. The molecule has 0 aliphatic heterocycles. The molecule has 6 rings (SSSR count). The number of halogens is 1. The highest BCUT2D eigenvalue weighted by atomic mass is 32.1. The number of carbonyl (C=O) groups is 1. The second kappa shape index (κ2) is 9.17. The van der Waals surface area contributed by atoms with Crippen LogP contribution in [0.25, 0.3) is 56.0 Å².